The van der Waals surface area contributed by atoms with Crippen molar-refractivity contribution in [3.8, 4) is 6.19 Å². The molecule has 0 atom stereocenters. The molecule has 1 aromatic heterocycles. The smallest absolute Gasteiger partial charge is 0.204 e. The maximum absolute atomic E-state index is 8.41. The topological polar surface area (TPSA) is 85.1 Å². The molecule has 0 saturated carbocycles. The van der Waals surface area contributed by atoms with Crippen molar-refractivity contribution in [2.45, 2.75) is 13.0 Å². The van der Waals surface area contributed by atoms with Crippen molar-refractivity contribution < 1.29 is 0 Å². The Bertz CT molecular complexity index is 367. The van der Waals surface area contributed by atoms with Gasteiger partial charge in [-0.1, -0.05) is 0 Å². The first kappa shape index (κ1) is 13.4. The quantitative estimate of drug-likeness (QED) is 0.222. The van der Waals surface area contributed by atoms with Gasteiger partial charge in [0, 0.05) is 31.7 Å². The summed E-state index contributed by atoms with van der Waals surface area (Å²) in [6.45, 7) is 2.36. The minimum absolute atomic E-state index is 0.507. The summed E-state index contributed by atoms with van der Waals surface area (Å²) in [5, 5.41) is 20.0. The first-order valence-electron chi connectivity index (χ1n) is 5.33. The number of nitrogens with one attached hydrogen (secondary N) is 3. The van der Waals surface area contributed by atoms with E-state index in [0.717, 1.165) is 24.5 Å². The van der Waals surface area contributed by atoms with E-state index >= 15 is 0 Å². The summed E-state index contributed by atoms with van der Waals surface area (Å²) in [5.74, 6) is 0.507. The lowest BCUT2D eigenvalue weighted by atomic mass is 10.4. The SMILES string of the molecule is CN/C(=N/CCCNCc1nccs1)NC#N. The number of nitriles is 1. The zero-order valence-electron chi connectivity index (χ0n) is 9.73. The van der Waals surface area contributed by atoms with Gasteiger partial charge in [0.1, 0.15) is 5.01 Å². The molecule has 0 aliphatic heterocycles. The Morgan fingerprint density at radius 3 is 3.18 bits per heavy atom. The standard InChI is InChI=1S/C10H16N6S/c1-12-10(16-8-11)15-4-2-3-13-7-9-14-5-6-17-9/h5-6,13H,2-4,7H2,1H3,(H2,12,15,16). The van der Waals surface area contributed by atoms with Gasteiger partial charge < -0.3 is 10.6 Å². The van der Waals surface area contributed by atoms with E-state index in [2.05, 4.69) is 25.9 Å². The van der Waals surface area contributed by atoms with Gasteiger partial charge in [0.2, 0.25) is 5.96 Å². The normalized spacial score (nSPS) is 10.9. The third-order valence-electron chi connectivity index (χ3n) is 1.95. The molecule has 0 bridgehead atoms. The molecule has 0 spiro atoms. The van der Waals surface area contributed by atoms with E-state index in [1.54, 1.807) is 24.6 Å². The average Bonchev–Trinajstić information content (AvgIpc) is 2.85. The van der Waals surface area contributed by atoms with Crippen LogP contribution in [-0.2, 0) is 6.54 Å². The predicted octanol–water partition coefficient (Wildman–Crippen LogP) is 0.269. The molecule has 0 fully saturated rings. The molecule has 17 heavy (non-hydrogen) atoms. The average molecular weight is 252 g/mol. The summed E-state index contributed by atoms with van der Waals surface area (Å²) in [4.78, 5) is 8.36. The summed E-state index contributed by atoms with van der Waals surface area (Å²) in [7, 11) is 1.73. The van der Waals surface area contributed by atoms with Crippen LogP contribution in [0.3, 0.4) is 0 Å². The van der Waals surface area contributed by atoms with Gasteiger partial charge in [0.05, 0.1) is 0 Å². The molecule has 3 N–H and O–H groups in total. The second kappa shape index (κ2) is 8.50. The Labute approximate surface area is 105 Å². The third-order valence-corrected chi connectivity index (χ3v) is 2.73. The maximum Gasteiger partial charge on any atom is 0.204 e. The summed E-state index contributed by atoms with van der Waals surface area (Å²) < 4.78 is 0. The highest BCUT2D eigenvalue weighted by molar-refractivity contribution is 7.09. The van der Waals surface area contributed by atoms with E-state index < -0.39 is 0 Å². The van der Waals surface area contributed by atoms with Gasteiger partial charge in [-0.3, -0.25) is 10.3 Å². The van der Waals surface area contributed by atoms with Crippen LogP contribution in [0.15, 0.2) is 16.6 Å². The van der Waals surface area contributed by atoms with Crippen LogP contribution in [0, 0.1) is 11.5 Å². The van der Waals surface area contributed by atoms with Gasteiger partial charge in [0.15, 0.2) is 6.19 Å². The zero-order valence-corrected chi connectivity index (χ0v) is 10.5. The molecular weight excluding hydrogens is 236 g/mol. The van der Waals surface area contributed by atoms with E-state index in [-0.39, 0.29) is 0 Å². The number of rotatable bonds is 6. The van der Waals surface area contributed by atoms with Gasteiger partial charge in [-0.15, -0.1) is 11.3 Å². The van der Waals surface area contributed by atoms with Crippen LogP contribution in [0.5, 0.6) is 0 Å². The Hall–Kier alpha value is -1.65. The second-order valence-electron chi connectivity index (χ2n) is 3.17. The molecule has 1 rings (SSSR count). The lowest BCUT2D eigenvalue weighted by molar-refractivity contribution is 0.652. The molecular formula is C10H16N6S. The van der Waals surface area contributed by atoms with Gasteiger partial charge in [-0.25, -0.2) is 4.98 Å². The van der Waals surface area contributed by atoms with Crippen molar-refractivity contribution in [3.63, 3.8) is 0 Å². The van der Waals surface area contributed by atoms with E-state index in [9.17, 15) is 0 Å². The van der Waals surface area contributed by atoms with Gasteiger partial charge in [-0.05, 0) is 13.0 Å². The van der Waals surface area contributed by atoms with Crippen LogP contribution in [0.2, 0.25) is 0 Å². The highest BCUT2D eigenvalue weighted by Crippen LogP contribution is 2.02. The van der Waals surface area contributed by atoms with E-state index in [0.29, 0.717) is 12.5 Å². The summed E-state index contributed by atoms with van der Waals surface area (Å²) in [6, 6.07) is 0. The zero-order chi connectivity index (χ0) is 12.3. The molecule has 0 saturated heterocycles. The number of hydrogen-bond donors (Lipinski definition) is 3. The van der Waals surface area contributed by atoms with Crippen molar-refractivity contribution in [1.82, 2.24) is 20.9 Å². The molecule has 6 nitrogen and oxygen atoms in total. The minimum Gasteiger partial charge on any atom is -0.359 e. The molecule has 0 aliphatic rings. The largest absolute Gasteiger partial charge is 0.359 e. The maximum atomic E-state index is 8.41. The molecule has 0 aliphatic carbocycles. The third kappa shape index (κ3) is 5.85. The fraction of sp³-hybridized carbons (Fsp3) is 0.500. The molecule has 92 valence electrons. The molecule has 0 amide bonds. The Morgan fingerprint density at radius 1 is 1.65 bits per heavy atom. The molecule has 0 aromatic carbocycles. The first-order chi connectivity index (χ1) is 8.36. The van der Waals surface area contributed by atoms with E-state index in [1.807, 2.05) is 11.6 Å². The number of aliphatic imine (C=N–C) groups is 1. The molecule has 1 heterocycles. The lowest BCUT2D eigenvalue weighted by Crippen LogP contribution is -2.31. The predicted molar refractivity (Wildman–Crippen MR) is 68.5 cm³/mol. The summed E-state index contributed by atoms with van der Waals surface area (Å²) in [5.41, 5.74) is 0. The molecule has 0 unspecified atom stereocenters. The number of nitrogens with zero attached hydrogens (tertiary/aromatic N) is 3. The number of thiazole rings is 1. The molecule has 7 heteroatoms. The van der Waals surface area contributed by atoms with Crippen molar-refractivity contribution in [2.75, 3.05) is 20.1 Å². The van der Waals surface area contributed by atoms with E-state index in [1.165, 1.54) is 0 Å². The summed E-state index contributed by atoms with van der Waals surface area (Å²) in [6.07, 6.45) is 4.55. The van der Waals surface area contributed by atoms with Crippen LogP contribution < -0.4 is 16.0 Å². The van der Waals surface area contributed by atoms with Crippen molar-refractivity contribution in [2.24, 2.45) is 4.99 Å². The molecule has 0 radical (unpaired) electrons. The number of guanidine groups is 1. The second-order valence-corrected chi connectivity index (χ2v) is 4.15. The summed E-state index contributed by atoms with van der Waals surface area (Å²) >= 11 is 1.64. The fourth-order valence-corrected chi connectivity index (χ4v) is 1.75. The van der Waals surface area contributed by atoms with Crippen LogP contribution in [0.4, 0.5) is 0 Å². The van der Waals surface area contributed by atoms with Crippen LogP contribution >= 0.6 is 11.3 Å². The first-order valence-corrected chi connectivity index (χ1v) is 6.21. The Balaban J connectivity index is 2.06. The van der Waals surface area contributed by atoms with E-state index in [4.69, 9.17) is 5.26 Å². The highest BCUT2D eigenvalue weighted by Gasteiger charge is 1.95. The number of hydrogen-bond acceptors (Lipinski definition) is 5. The van der Waals surface area contributed by atoms with Crippen LogP contribution in [0.1, 0.15) is 11.4 Å². The highest BCUT2D eigenvalue weighted by atomic mass is 32.1. The van der Waals surface area contributed by atoms with Crippen molar-refractivity contribution >= 4 is 17.3 Å². The van der Waals surface area contributed by atoms with Crippen LogP contribution in [0.25, 0.3) is 0 Å². The van der Waals surface area contributed by atoms with Gasteiger partial charge >= 0.3 is 0 Å². The lowest BCUT2D eigenvalue weighted by Gasteiger charge is -2.03. The monoisotopic (exact) mass is 252 g/mol. The minimum atomic E-state index is 0.507. The number of aromatic nitrogens is 1. The molecule has 1 aromatic rings. The van der Waals surface area contributed by atoms with Crippen molar-refractivity contribution in [3.05, 3.63) is 16.6 Å². The van der Waals surface area contributed by atoms with Gasteiger partial charge in [-0.2, -0.15) is 5.26 Å². The fourth-order valence-electron chi connectivity index (χ4n) is 1.16. The Kier molecular flexibility index (Phi) is 6.70. The Morgan fingerprint density at radius 2 is 2.53 bits per heavy atom. The van der Waals surface area contributed by atoms with Crippen LogP contribution in [-0.4, -0.2) is 31.1 Å². The van der Waals surface area contributed by atoms with Crippen molar-refractivity contribution in [1.29, 1.82) is 5.26 Å². The van der Waals surface area contributed by atoms with Gasteiger partial charge in [0.25, 0.3) is 0 Å².